The number of nitrogens with one attached hydrogen (secondary N) is 2. The first kappa shape index (κ1) is 14.7. The summed E-state index contributed by atoms with van der Waals surface area (Å²) in [5.41, 5.74) is 1.31. The summed E-state index contributed by atoms with van der Waals surface area (Å²) in [6.07, 6.45) is 7.86. The van der Waals surface area contributed by atoms with E-state index in [1.165, 1.54) is 51.1 Å². The Bertz CT molecular complexity index is 548. The minimum absolute atomic E-state index is 0.908. The van der Waals surface area contributed by atoms with Gasteiger partial charge in [-0.3, -0.25) is 0 Å². The van der Waals surface area contributed by atoms with Crippen LogP contribution in [0.1, 0.15) is 18.4 Å². The molecule has 1 aromatic carbocycles. The number of hydrogen-bond acceptors (Lipinski definition) is 0. The molecule has 1 aliphatic heterocycles. The highest BCUT2D eigenvalue weighted by atomic mass is 35.5. The molecule has 3 heteroatoms. The third-order valence-electron chi connectivity index (χ3n) is 6.03. The predicted octanol–water partition coefficient (Wildman–Crippen LogP) is 0.836. The summed E-state index contributed by atoms with van der Waals surface area (Å²) < 4.78 is 0. The summed E-state index contributed by atoms with van der Waals surface area (Å²) in [4.78, 5) is 3.54. The normalized spacial score (nSPS) is 36.9. The second kappa shape index (κ2) is 6.35. The van der Waals surface area contributed by atoms with E-state index < -0.39 is 0 Å². The molecule has 3 atom stereocenters. The van der Waals surface area contributed by atoms with Crippen LogP contribution < -0.4 is 9.80 Å². The Balaban J connectivity index is 1.26. The van der Waals surface area contributed by atoms with Crippen molar-refractivity contribution in [1.29, 1.82) is 0 Å². The van der Waals surface area contributed by atoms with Gasteiger partial charge in [-0.25, -0.2) is 0 Å². The summed E-state index contributed by atoms with van der Waals surface area (Å²) in [5, 5.41) is 0.929. The third kappa shape index (κ3) is 3.10. The standard InChI is InChI=1S/C19H25ClN2/c20-19-4-2-1-3-17(19)13-21-7-9-22(10-8-21)14-18-12-15-5-6-16(18)11-15/h1-6,15-16,18H,7-14H2/p+2/t15-,16-,18-/m0/s1. The number of fused-ring (bicyclic) bond motifs is 2. The average Bonchev–Trinajstić information content (AvgIpc) is 3.14. The molecule has 0 unspecified atom stereocenters. The Hall–Kier alpha value is -0.830. The Kier molecular flexibility index (Phi) is 4.25. The minimum Gasteiger partial charge on any atom is -0.325 e. The summed E-state index contributed by atoms with van der Waals surface area (Å²) >= 11 is 6.30. The van der Waals surface area contributed by atoms with Gasteiger partial charge in [-0.05, 0) is 30.7 Å². The van der Waals surface area contributed by atoms with Crippen LogP contribution in [0.3, 0.4) is 0 Å². The molecular formula is C19H27ClN2+2. The molecule has 1 aromatic rings. The molecule has 0 spiro atoms. The first-order chi connectivity index (χ1) is 10.8. The number of hydrogen-bond donors (Lipinski definition) is 2. The zero-order chi connectivity index (χ0) is 14.9. The van der Waals surface area contributed by atoms with Crippen LogP contribution in [0.4, 0.5) is 0 Å². The first-order valence-electron chi connectivity index (χ1n) is 8.87. The highest BCUT2D eigenvalue weighted by Crippen LogP contribution is 2.42. The van der Waals surface area contributed by atoms with Gasteiger partial charge in [0.15, 0.2) is 0 Å². The van der Waals surface area contributed by atoms with Crippen LogP contribution in [-0.4, -0.2) is 32.7 Å². The van der Waals surface area contributed by atoms with Crippen molar-refractivity contribution in [2.75, 3.05) is 32.7 Å². The SMILES string of the molecule is Clc1ccccc1C[NH+]1CC[NH+](C[C@@H]2C[C@H]3C=C[C@H]2C3)CC1. The van der Waals surface area contributed by atoms with Crippen molar-refractivity contribution in [2.45, 2.75) is 19.4 Å². The molecule has 1 heterocycles. The largest absolute Gasteiger partial charge is 0.325 e. The van der Waals surface area contributed by atoms with Gasteiger partial charge in [0.05, 0.1) is 6.54 Å². The van der Waals surface area contributed by atoms with E-state index in [9.17, 15) is 0 Å². The molecule has 2 bridgehead atoms. The highest BCUT2D eigenvalue weighted by molar-refractivity contribution is 6.31. The molecule has 1 saturated carbocycles. The molecular weight excluding hydrogens is 292 g/mol. The lowest BCUT2D eigenvalue weighted by Gasteiger charge is -2.32. The van der Waals surface area contributed by atoms with Crippen LogP contribution >= 0.6 is 11.6 Å². The van der Waals surface area contributed by atoms with Crippen LogP contribution in [0.15, 0.2) is 36.4 Å². The fourth-order valence-corrected chi connectivity index (χ4v) is 4.95. The van der Waals surface area contributed by atoms with Gasteiger partial charge in [0.2, 0.25) is 0 Å². The van der Waals surface area contributed by atoms with Gasteiger partial charge in [0.25, 0.3) is 0 Å². The molecule has 2 aliphatic carbocycles. The maximum Gasteiger partial charge on any atom is 0.127 e. The number of rotatable bonds is 4. The van der Waals surface area contributed by atoms with Gasteiger partial charge in [-0.2, -0.15) is 0 Å². The first-order valence-corrected chi connectivity index (χ1v) is 9.24. The molecule has 2 nitrogen and oxygen atoms in total. The van der Waals surface area contributed by atoms with Crippen LogP contribution in [0.5, 0.6) is 0 Å². The maximum atomic E-state index is 6.30. The van der Waals surface area contributed by atoms with Gasteiger partial charge in [0.1, 0.15) is 32.7 Å². The lowest BCUT2D eigenvalue weighted by molar-refractivity contribution is -1.02. The molecule has 0 aromatic heterocycles. The highest BCUT2D eigenvalue weighted by Gasteiger charge is 2.38. The van der Waals surface area contributed by atoms with Gasteiger partial charge < -0.3 is 9.80 Å². The second-order valence-electron chi connectivity index (χ2n) is 7.51. The summed E-state index contributed by atoms with van der Waals surface area (Å²) in [6.45, 7) is 7.73. The Morgan fingerprint density at radius 2 is 1.73 bits per heavy atom. The van der Waals surface area contributed by atoms with Gasteiger partial charge in [0, 0.05) is 16.5 Å². The van der Waals surface area contributed by atoms with Gasteiger partial charge in [-0.1, -0.05) is 42.0 Å². The zero-order valence-electron chi connectivity index (χ0n) is 13.2. The van der Waals surface area contributed by atoms with Crippen LogP contribution in [0.2, 0.25) is 5.02 Å². The van der Waals surface area contributed by atoms with Crippen molar-refractivity contribution in [3.63, 3.8) is 0 Å². The third-order valence-corrected chi connectivity index (χ3v) is 6.40. The second-order valence-corrected chi connectivity index (χ2v) is 7.92. The number of piperazine rings is 1. The molecule has 2 fully saturated rings. The number of allylic oxidation sites excluding steroid dienone is 2. The Morgan fingerprint density at radius 3 is 2.41 bits per heavy atom. The smallest absolute Gasteiger partial charge is 0.127 e. The fraction of sp³-hybridized carbons (Fsp3) is 0.579. The lowest BCUT2D eigenvalue weighted by atomic mass is 9.93. The Morgan fingerprint density at radius 1 is 0.955 bits per heavy atom. The quantitative estimate of drug-likeness (QED) is 0.761. The minimum atomic E-state index is 0.908. The van der Waals surface area contributed by atoms with E-state index in [2.05, 4.69) is 24.3 Å². The van der Waals surface area contributed by atoms with Crippen LogP contribution in [-0.2, 0) is 6.54 Å². The van der Waals surface area contributed by atoms with Gasteiger partial charge >= 0.3 is 0 Å². The molecule has 3 aliphatic rings. The number of quaternary nitrogens is 2. The molecule has 1 saturated heterocycles. The summed E-state index contributed by atoms with van der Waals surface area (Å²) in [7, 11) is 0. The van der Waals surface area contributed by atoms with Crippen LogP contribution in [0.25, 0.3) is 0 Å². The monoisotopic (exact) mass is 318 g/mol. The predicted molar refractivity (Wildman–Crippen MR) is 90.3 cm³/mol. The molecule has 118 valence electrons. The van der Waals surface area contributed by atoms with E-state index in [4.69, 9.17) is 11.6 Å². The molecule has 22 heavy (non-hydrogen) atoms. The van der Waals surface area contributed by atoms with Crippen molar-refractivity contribution in [1.82, 2.24) is 0 Å². The maximum absolute atomic E-state index is 6.30. The van der Waals surface area contributed by atoms with E-state index in [1.54, 1.807) is 4.90 Å². The van der Waals surface area contributed by atoms with Gasteiger partial charge in [-0.15, -0.1) is 0 Å². The zero-order valence-corrected chi connectivity index (χ0v) is 14.0. The molecule has 0 radical (unpaired) electrons. The number of halogens is 1. The van der Waals surface area contributed by atoms with E-state index in [1.807, 2.05) is 17.0 Å². The van der Waals surface area contributed by atoms with E-state index in [0.29, 0.717) is 0 Å². The van der Waals surface area contributed by atoms with Crippen molar-refractivity contribution < 1.29 is 9.80 Å². The number of benzene rings is 1. The van der Waals surface area contributed by atoms with E-state index in [-0.39, 0.29) is 0 Å². The summed E-state index contributed by atoms with van der Waals surface area (Å²) in [5.74, 6) is 2.79. The van der Waals surface area contributed by atoms with E-state index in [0.717, 1.165) is 29.3 Å². The Labute approximate surface area is 138 Å². The lowest BCUT2D eigenvalue weighted by Crippen LogP contribution is -3.27. The molecule has 4 rings (SSSR count). The van der Waals surface area contributed by atoms with Crippen molar-refractivity contribution in [3.05, 3.63) is 47.0 Å². The van der Waals surface area contributed by atoms with Crippen molar-refractivity contribution in [3.8, 4) is 0 Å². The summed E-state index contributed by atoms with van der Waals surface area (Å²) in [6, 6.07) is 8.31. The van der Waals surface area contributed by atoms with Crippen molar-refractivity contribution >= 4 is 11.6 Å². The van der Waals surface area contributed by atoms with E-state index >= 15 is 0 Å². The van der Waals surface area contributed by atoms with Crippen molar-refractivity contribution in [2.24, 2.45) is 17.8 Å². The molecule has 2 N–H and O–H groups in total. The van der Waals surface area contributed by atoms with Crippen LogP contribution in [0, 0.1) is 17.8 Å². The average molecular weight is 319 g/mol. The topological polar surface area (TPSA) is 8.88 Å². The molecule has 0 amide bonds. The fourth-order valence-electron chi connectivity index (χ4n) is 4.75.